The lowest BCUT2D eigenvalue weighted by Crippen LogP contribution is -2.43. The Morgan fingerprint density at radius 2 is 1.95 bits per heavy atom. The van der Waals surface area contributed by atoms with Gasteiger partial charge in [-0.15, -0.1) is 0 Å². The highest BCUT2D eigenvalue weighted by molar-refractivity contribution is 5.72. The van der Waals surface area contributed by atoms with Crippen molar-refractivity contribution in [3.8, 4) is 0 Å². The monoisotopic (exact) mass is 270 g/mol. The molecule has 5 heteroatoms. The molecule has 0 radical (unpaired) electrons. The first-order valence-corrected chi connectivity index (χ1v) is 6.23. The van der Waals surface area contributed by atoms with Gasteiger partial charge < -0.3 is 9.84 Å². The lowest BCUT2D eigenvalue weighted by Gasteiger charge is -2.40. The van der Waals surface area contributed by atoms with Gasteiger partial charge >= 0.3 is 5.97 Å². The van der Waals surface area contributed by atoms with Gasteiger partial charge in [-0.3, -0.25) is 4.79 Å². The van der Waals surface area contributed by atoms with Crippen molar-refractivity contribution in [1.29, 1.82) is 0 Å². The van der Waals surface area contributed by atoms with E-state index in [2.05, 4.69) is 0 Å². The van der Waals surface area contributed by atoms with Crippen molar-refractivity contribution in [2.24, 2.45) is 5.92 Å². The fourth-order valence-corrected chi connectivity index (χ4v) is 2.75. The molecule has 0 spiro atoms. The van der Waals surface area contributed by atoms with Crippen molar-refractivity contribution in [3.05, 3.63) is 35.4 Å². The van der Waals surface area contributed by atoms with Crippen LogP contribution >= 0.6 is 0 Å². The standard InChI is InChI=1S/C14H16F2O3/c1-9(13(17)18)14(4-6-19-7-5-14)10-2-3-11(15)12(16)8-10/h2-3,8-9H,4-7H2,1H3,(H,17,18). The number of halogens is 2. The quantitative estimate of drug-likeness (QED) is 0.918. The zero-order valence-electron chi connectivity index (χ0n) is 10.7. The van der Waals surface area contributed by atoms with Gasteiger partial charge in [0.15, 0.2) is 11.6 Å². The van der Waals surface area contributed by atoms with Crippen molar-refractivity contribution >= 4 is 5.97 Å². The molecule has 1 unspecified atom stereocenters. The second-order valence-electron chi connectivity index (χ2n) is 4.96. The topological polar surface area (TPSA) is 46.5 Å². The van der Waals surface area contributed by atoms with Crippen molar-refractivity contribution in [3.63, 3.8) is 0 Å². The maximum Gasteiger partial charge on any atom is 0.307 e. The molecule has 1 aliphatic heterocycles. The molecule has 1 heterocycles. The SMILES string of the molecule is CC(C(=O)O)C1(c2ccc(F)c(F)c2)CCOCC1. The van der Waals surface area contributed by atoms with Crippen molar-refractivity contribution in [2.45, 2.75) is 25.2 Å². The zero-order valence-corrected chi connectivity index (χ0v) is 10.7. The maximum absolute atomic E-state index is 13.4. The summed E-state index contributed by atoms with van der Waals surface area (Å²) in [6.07, 6.45) is 0.983. The van der Waals surface area contributed by atoms with Crippen molar-refractivity contribution < 1.29 is 23.4 Å². The van der Waals surface area contributed by atoms with E-state index in [4.69, 9.17) is 4.74 Å². The molecule has 1 aliphatic rings. The van der Waals surface area contributed by atoms with Gasteiger partial charge in [-0.1, -0.05) is 13.0 Å². The third kappa shape index (κ3) is 2.47. The number of rotatable bonds is 3. The summed E-state index contributed by atoms with van der Waals surface area (Å²) in [5.41, 5.74) is -0.164. The van der Waals surface area contributed by atoms with Crippen LogP contribution in [-0.2, 0) is 14.9 Å². The van der Waals surface area contributed by atoms with Crippen LogP contribution in [0.5, 0.6) is 0 Å². The van der Waals surface area contributed by atoms with Gasteiger partial charge in [-0.05, 0) is 30.5 Å². The van der Waals surface area contributed by atoms with Gasteiger partial charge in [0.2, 0.25) is 0 Å². The summed E-state index contributed by atoms with van der Waals surface area (Å²) in [7, 11) is 0. The fourth-order valence-electron chi connectivity index (χ4n) is 2.75. The first-order chi connectivity index (χ1) is 8.97. The lowest BCUT2D eigenvalue weighted by molar-refractivity contribution is -0.145. The smallest absolute Gasteiger partial charge is 0.307 e. The molecule has 3 nitrogen and oxygen atoms in total. The van der Waals surface area contributed by atoms with Crippen LogP contribution in [0.1, 0.15) is 25.3 Å². The minimum atomic E-state index is -0.944. The molecule has 1 N–H and O–H groups in total. The zero-order chi connectivity index (χ0) is 14.0. The van der Waals surface area contributed by atoms with Crippen LogP contribution in [-0.4, -0.2) is 24.3 Å². The highest BCUT2D eigenvalue weighted by Gasteiger charge is 2.43. The number of hydrogen-bond donors (Lipinski definition) is 1. The number of benzene rings is 1. The summed E-state index contributed by atoms with van der Waals surface area (Å²) in [4.78, 5) is 11.3. The van der Waals surface area contributed by atoms with Crippen LogP contribution in [0.2, 0.25) is 0 Å². The number of carboxylic acid groups (broad SMARTS) is 1. The van der Waals surface area contributed by atoms with E-state index in [9.17, 15) is 18.7 Å². The molecule has 2 rings (SSSR count). The van der Waals surface area contributed by atoms with Crippen LogP contribution in [0.15, 0.2) is 18.2 Å². The van der Waals surface area contributed by atoms with E-state index in [0.717, 1.165) is 12.1 Å². The van der Waals surface area contributed by atoms with E-state index in [-0.39, 0.29) is 0 Å². The molecule has 1 atom stereocenters. The molecular formula is C14H16F2O3. The van der Waals surface area contributed by atoms with Gasteiger partial charge in [0.1, 0.15) is 0 Å². The van der Waals surface area contributed by atoms with E-state index < -0.39 is 28.9 Å². The average Bonchev–Trinajstić information content (AvgIpc) is 2.41. The molecule has 0 aromatic heterocycles. The minimum Gasteiger partial charge on any atom is -0.481 e. The summed E-state index contributed by atoms with van der Waals surface area (Å²) < 4.78 is 31.7. The number of hydrogen-bond acceptors (Lipinski definition) is 2. The number of aliphatic carboxylic acids is 1. The van der Waals surface area contributed by atoms with Crippen molar-refractivity contribution in [2.75, 3.05) is 13.2 Å². The summed E-state index contributed by atoms with van der Waals surface area (Å²) in [5, 5.41) is 9.28. The lowest BCUT2D eigenvalue weighted by atomic mass is 9.66. The normalized spacial score (nSPS) is 19.9. The molecule has 1 aromatic carbocycles. The Labute approximate surface area is 110 Å². The van der Waals surface area contributed by atoms with E-state index in [1.165, 1.54) is 6.07 Å². The molecule has 1 saturated heterocycles. The van der Waals surface area contributed by atoms with Gasteiger partial charge in [0, 0.05) is 18.6 Å². The fraction of sp³-hybridized carbons (Fsp3) is 0.500. The molecule has 1 fully saturated rings. The number of carbonyl (C=O) groups is 1. The Hall–Kier alpha value is -1.49. The Morgan fingerprint density at radius 1 is 1.32 bits per heavy atom. The summed E-state index contributed by atoms with van der Waals surface area (Å²) >= 11 is 0. The maximum atomic E-state index is 13.4. The molecule has 0 aliphatic carbocycles. The van der Waals surface area contributed by atoms with Crippen LogP contribution < -0.4 is 0 Å². The number of carboxylic acids is 1. The predicted octanol–water partition coefficient (Wildman–Crippen LogP) is 2.73. The van der Waals surface area contributed by atoms with Gasteiger partial charge in [0.05, 0.1) is 5.92 Å². The van der Waals surface area contributed by atoms with Gasteiger partial charge in [0.25, 0.3) is 0 Å². The number of ether oxygens (including phenoxy) is 1. The third-order valence-electron chi connectivity index (χ3n) is 4.08. The van der Waals surface area contributed by atoms with E-state index in [1.807, 2.05) is 0 Å². The molecule has 0 bridgehead atoms. The molecule has 1 aromatic rings. The molecule has 0 amide bonds. The first-order valence-electron chi connectivity index (χ1n) is 6.23. The molecule has 104 valence electrons. The Morgan fingerprint density at radius 3 is 2.47 bits per heavy atom. The summed E-state index contributed by atoms with van der Waals surface area (Å²) in [6, 6.07) is 3.64. The Kier molecular flexibility index (Phi) is 3.85. The largest absolute Gasteiger partial charge is 0.481 e. The molecular weight excluding hydrogens is 254 g/mol. The Bertz CT molecular complexity index is 482. The molecule has 0 saturated carbocycles. The van der Waals surface area contributed by atoms with Crippen LogP contribution in [0.4, 0.5) is 8.78 Å². The van der Waals surface area contributed by atoms with Gasteiger partial charge in [-0.2, -0.15) is 0 Å². The highest BCUT2D eigenvalue weighted by Crippen LogP contribution is 2.42. The van der Waals surface area contributed by atoms with E-state index >= 15 is 0 Å². The average molecular weight is 270 g/mol. The van der Waals surface area contributed by atoms with E-state index in [0.29, 0.717) is 31.6 Å². The first kappa shape index (κ1) is 13.9. The second kappa shape index (κ2) is 5.25. The van der Waals surface area contributed by atoms with Gasteiger partial charge in [-0.25, -0.2) is 8.78 Å². The predicted molar refractivity (Wildman–Crippen MR) is 64.9 cm³/mol. The third-order valence-corrected chi connectivity index (χ3v) is 4.08. The minimum absolute atomic E-state index is 0.427. The summed E-state index contributed by atoms with van der Waals surface area (Å²) in [5.74, 6) is -3.48. The van der Waals surface area contributed by atoms with E-state index in [1.54, 1.807) is 6.92 Å². The van der Waals surface area contributed by atoms with Crippen LogP contribution in [0, 0.1) is 17.6 Å². The highest BCUT2D eigenvalue weighted by atomic mass is 19.2. The molecule has 19 heavy (non-hydrogen) atoms. The summed E-state index contributed by atoms with van der Waals surface area (Å²) in [6.45, 7) is 2.46. The second-order valence-corrected chi connectivity index (χ2v) is 4.96. The van der Waals surface area contributed by atoms with Crippen molar-refractivity contribution in [1.82, 2.24) is 0 Å². The Balaban J connectivity index is 2.47. The van der Waals surface area contributed by atoms with Crippen LogP contribution in [0.25, 0.3) is 0 Å². The van der Waals surface area contributed by atoms with Crippen LogP contribution in [0.3, 0.4) is 0 Å².